The number of rotatable bonds is 5. The van der Waals surface area contributed by atoms with Crippen LogP contribution in [0.3, 0.4) is 0 Å². The van der Waals surface area contributed by atoms with Crippen molar-refractivity contribution in [2.24, 2.45) is 5.92 Å². The molecule has 0 N–H and O–H groups in total. The first-order chi connectivity index (χ1) is 9.74. The number of piperidine rings is 1. The zero-order chi connectivity index (χ0) is 13.9. The van der Waals surface area contributed by atoms with Gasteiger partial charge in [0.15, 0.2) is 0 Å². The number of Topliss-reactive ketones (excluding diaryl/α,β-unsaturated/α-hetero) is 1. The lowest BCUT2D eigenvalue weighted by molar-refractivity contribution is -0.125. The van der Waals surface area contributed by atoms with Crippen LogP contribution in [0.2, 0.25) is 0 Å². The van der Waals surface area contributed by atoms with Crippen molar-refractivity contribution < 1.29 is 9.53 Å². The van der Waals surface area contributed by atoms with Gasteiger partial charge in [-0.15, -0.1) is 0 Å². The molecule has 3 rings (SSSR count). The normalized spacial score (nSPS) is 29.4. The van der Waals surface area contributed by atoms with E-state index < -0.39 is 0 Å². The summed E-state index contributed by atoms with van der Waals surface area (Å²) in [6, 6.07) is 11.0. The van der Waals surface area contributed by atoms with Gasteiger partial charge in [0.25, 0.3) is 0 Å². The van der Waals surface area contributed by atoms with Crippen LogP contribution in [0.4, 0.5) is 0 Å². The van der Waals surface area contributed by atoms with Gasteiger partial charge in [-0.1, -0.05) is 18.2 Å². The zero-order valence-corrected chi connectivity index (χ0v) is 12.1. The summed E-state index contributed by atoms with van der Waals surface area (Å²) in [6.45, 7) is 0.504. The number of carbonyl (C=O) groups excluding carboxylic acids is 1. The van der Waals surface area contributed by atoms with E-state index >= 15 is 0 Å². The molecule has 1 aromatic rings. The van der Waals surface area contributed by atoms with Crippen LogP contribution < -0.4 is 4.74 Å². The van der Waals surface area contributed by atoms with E-state index in [1.807, 2.05) is 30.3 Å². The van der Waals surface area contributed by atoms with Crippen LogP contribution in [0.15, 0.2) is 30.3 Å². The minimum atomic E-state index is 0.267. The third kappa shape index (κ3) is 2.88. The molecule has 2 aliphatic rings. The zero-order valence-electron chi connectivity index (χ0n) is 12.1. The number of fused-ring (bicyclic) bond motifs is 2. The molecule has 2 bridgehead atoms. The fourth-order valence-corrected chi connectivity index (χ4v) is 3.66. The van der Waals surface area contributed by atoms with E-state index in [0.29, 0.717) is 30.9 Å². The van der Waals surface area contributed by atoms with Crippen molar-refractivity contribution in [1.29, 1.82) is 0 Å². The van der Waals surface area contributed by atoms with Gasteiger partial charge >= 0.3 is 0 Å². The van der Waals surface area contributed by atoms with Crippen LogP contribution in [-0.4, -0.2) is 36.4 Å². The number of hydrogen-bond donors (Lipinski definition) is 0. The van der Waals surface area contributed by atoms with Crippen molar-refractivity contribution >= 4 is 5.78 Å². The van der Waals surface area contributed by atoms with Crippen LogP contribution in [0.25, 0.3) is 0 Å². The van der Waals surface area contributed by atoms with Crippen LogP contribution in [0, 0.1) is 5.92 Å². The summed E-state index contributed by atoms with van der Waals surface area (Å²) in [6.07, 6.45) is 5.19. The predicted molar refractivity (Wildman–Crippen MR) is 78.9 cm³/mol. The van der Waals surface area contributed by atoms with Crippen molar-refractivity contribution in [3.05, 3.63) is 30.3 Å². The molecule has 0 radical (unpaired) electrons. The van der Waals surface area contributed by atoms with E-state index in [1.165, 1.54) is 12.8 Å². The highest BCUT2D eigenvalue weighted by molar-refractivity contribution is 5.81. The molecular formula is C17H23NO2. The minimum Gasteiger partial charge on any atom is -0.493 e. The molecule has 20 heavy (non-hydrogen) atoms. The lowest BCUT2D eigenvalue weighted by Gasteiger charge is -2.35. The van der Waals surface area contributed by atoms with Gasteiger partial charge in [0.05, 0.1) is 6.61 Å². The molecule has 2 heterocycles. The van der Waals surface area contributed by atoms with E-state index in [0.717, 1.165) is 18.6 Å². The molecule has 3 heteroatoms. The Morgan fingerprint density at radius 2 is 1.85 bits per heavy atom. The van der Waals surface area contributed by atoms with Gasteiger partial charge < -0.3 is 9.64 Å². The number of ketones is 1. The van der Waals surface area contributed by atoms with E-state index in [2.05, 4.69) is 11.9 Å². The highest BCUT2D eigenvalue weighted by atomic mass is 16.5. The molecular weight excluding hydrogens is 250 g/mol. The minimum absolute atomic E-state index is 0.267. The molecule has 2 aliphatic heterocycles. The predicted octanol–water partition coefficient (Wildman–Crippen LogP) is 2.90. The Labute approximate surface area is 120 Å². The summed E-state index contributed by atoms with van der Waals surface area (Å²) in [7, 11) is 2.21. The van der Waals surface area contributed by atoms with Gasteiger partial charge in [-0.3, -0.25) is 4.79 Å². The molecule has 0 aliphatic carbocycles. The Bertz CT molecular complexity index is 445. The highest BCUT2D eigenvalue weighted by Gasteiger charge is 2.40. The quantitative estimate of drug-likeness (QED) is 0.826. The number of benzene rings is 1. The van der Waals surface area contributed by atoms with Gasteiger partial charge in [0.2, 0.25) is 0 Å². The molecule has 0 aromatic heterocycles. The number of hydrogen-bond acceptors (Lipinski definition) is 3. The largest absolute Gasteiger partial charge is 0.493 e. The van der Waals surface area contributed by atoms with Gasteiger partial charge in [-0.2, -0.15) is 0 Å². The second-order valence-electron chi connectivity index (χ2n) is 6.10. The van der Waals surface area contributed by atoms with Crippen molar-refractivity contribution in [3.63, 3.8) is 0 Å². The second kappa shape index (κ2) is 5.96. The van der Waals surface area contributed by atoms with Gasteiger partial charge in [-0.05, 0) is 44.9 Å². The number of nitrogens with zero attached hydrogens (tertiary/aromatic N) is 1. The second-order valence-corrected chi connectivity index (χ2v) is 6.10. The summed E-state index contributed by atoms with van der Waals surface area (Å²) in [5.74, 6) is 1.51. The fourth-order valence-electron chi connectivity index (χ4n) is 3.66. The summed E-state index contributed by atoms with van der Waals surface area (Å²) in [5.41, 5.74) is 0. The summed E-state index contributed by atoms with van der Waals surface area (Å²) < 4.78 is 5.63. The Morgan fingerprint density at radius 3 is 2.50 bits per heavy atom. The molecule has 3 nitrogen and oxygen atoms in total. The molecule has 0 amide bonds. The van der Waals surface area contributed by atoms with E-state index in [9.17, 15) is 4.79 Å². The van der Waals surface area contributed by atoms with Crippen LogP contribution in [0.1, 0.15) is 32.1 Å². The number of para-hydroxylation sites is 1. The molecule has 2 saturated heterocycles. The lowest BCUT2D eigenvalue weighted by Crippen LogP contribution is -2.42. The Morgan fingerprint density at radius 1 is 1.20 bits per heavy atom. The maximum atomic E-state index is 12.3. The fraction of sp³-hybridized carbons (Fsp3) is 0.588. The SMILES string of the molecule is CN1C2CCC1CC(C(=O)CCOc1ccccc1)C2. The first-order valence-electron chi connectivity index (χ1n) is 7.66. The molecule has 0 saturated carbocycles. The number of ether oxygens (including phenoxy) is 1. The van der Waals surface area contributed by atoms with E-state index in [1.54, 1.807) is 0 Å². The summed E-state index contributed by atoms with van der Waals surface area (Å²) in [4.78, 5) is 14.8. The Hall–Kier alpha value is -1.35. The Kier molecular flexibility index (Phi) is 4.06. The summed E-state index contributed by atoms with van der Waals surface area (Å²) >= 11 is 0. The maximum absolute atomic E-state index is 12.3. The van der Waals surface area contributed by atoms with Crippen LogP contribution in [-0.2, 0) is 4.79 Å². The van der Waals surface area contributed by atoms with Crippen molar-refractivity contribution in [3.8, 4) is 5.75 Å². The molecule has 1 aromatic carbocycles. The lowest BCUT2D eigenvalue weighted by atomic mass is 9.86. The average Bonchev–Trinajstić information content (AvgIpc) is 2.69. The van der Waals surface area contributed by atoms with Gasteiger partial charge in [0, 0.05) is 24.4 Å². The highest BCUT2D eigenvalue weighted by Crippen LogP contribution is 2.38. The van der Waals surface area contributed by atoms with Gasteiger partial charge in [0.1, 0.15) is 11.5 Å². The monoisotopic (exact) mass is 273 g/mol. The van der Waals surface area contributed by atoms with E-state index in [4.69, 9.17) is 4.74 Å². The number of carbonyl (C=O) groups is 1. The first-order valence-corrected chi connectivity index (χ1v) is 7.66. The molecule has 2 unspecified atom stereocenters. The van der Waals surface area contributed by atoms with Crippen LogP contribution >= 0.6 is 0 Å². The molecule has 0 spiro atoms. The first kappa shape index (κ1) is 13.6. The van der Waals surface area contributed by atoms with E-state index in [-0.39, 0.29) is 5.92 Å². The van der Waals surface area contributed by atoms with Crippen molar-refractivity contribution in [2.75, 3.05) is 13.7 Å². The Balaban J connectivity index is 1.46. The average molecular weight is 273 g/mol. The third-order valence-corrected chi connectivity index (χ3v) is 4.91. The standard InChI is InChI=1S/C17H23NO2/c1-18-14-7-8-15(18)12-13(11-14)17(19)9-10-20-16-5-3-2-4-6-16/h2-6,13-15H,7-12H2,1H3. The van der Waals surface area contributed by atoms with Crippen molar-refractivity contribution in [1.82, 2.24) is 4.90 Å². The smallest absolute Gasteiger partial charge is 0.139 e. The summed E-state index contributed by atoms with van der Waals surface area (Å²) in [5, 5.41) is 0. The molecule has 2 atom stereocenters. The topological polar surface area (TPSA) is 29.5 Å². The molecule has 108 valence electrons. The third-order valence-electron chi connectivity index (χ3n) is 4.91. The van der Waals surface area contributed by atoms with Crippen LogP contribution in [0.5, 0.6) is 5.75 Å². The molecule has 2 fully saturated rings. The van der Waals surface area contributed by atoms with Crippen molar-refractivity contribution in [2.45, 2.75) is 44.2 Å². The maximum Gasteiger partial charge on any atom is 0.139 e. The van der Waals surface area contributed by atoms with Gasteiger partial charge in [-0.25, -0.2) is 0 Å².